The summed E-state index contributed by atoms with van der Waals surface area (Å²) in [5.41, 5.74) is 0.715. The Labute approximate surface area is 75.4 Å². The quantitative estimate of drug-likeness (QED) is 0.734. The molecule has 13 heavy (non-hydrogen) atoms. The van der Waals surface area contributed by atoms with Crippen LogP contribution in [0.1, 0.15) is 12.0 Å². The van der Waals surface area contributed by atoms with E-state index in [0.29, 0.717) is 17.9 Å². The molecule has 0 saturated carbocycles. The van der Waals surface area contributed by atoms with E-state index in [2.05, 4.69) is 9.97 Å². The minimum Gasteiger partial charge on any atom is -0.481 e. The maximum atomic E-state index is 10.3. The third kappa shape index (κ3) is 2.70. The third-order valence-electron chi connectivity index (χ3n) is 1.55. The number of carboxylic acids is 1. The maximum absolute atomic E-state index is 10.3. The van der Waals surface area contributed by atoms with Gasteiger partial charge in [0.15, 0.2) is 0 Å². The van der Waals surface area contributed by atoms with Crippen molar-refractivity contribution in [3.05, 3.63) is 18.1 Å². The normalized spacial score (nSPS) is 9.62. The molecule has 5 heteroatoms. The fourth-order valence-corrected chi connectivity index (χ4v) is 0.944. The van der Waals surface area contributed by atoms with Crippen LogP contribution in [0.3, 0.4) is 0 Å². The minimum absolute atomic E-state index is 0.0593. The van der Waals surface area contributed by atoms with Crippen LogP contribution >= 0.6 is 0 Å². The summed E-state index contributed by atoms with van der Waals surface area (Å²) in [5, 5.41) is 8.46. The van der Waals surface area contributed by atoms with Crippen molar-refractivity contribution in [3.63, 3.8) is 0 Å². The molecule has 0 saturated heterocycles. The predicted molar refractivity (Wildman–Crippen MR) is 44.5 cm³/mol. The summed E-state index contributed by atoms with van der Waals surface area (Å²) in [5.74, 6) is -0.401. The van der Waals surface area contributed by atoms with E-state index in [9.17, 15) is 4.79 Å². The molecule has 0 fully saturated rings. The maximum Gasteiger partial charge on any atom is 0.303 e. The number of aromatic nitrogens is 2. The van der Waals surface area contributed by atoms with Crippen molar-refractivity contribution in [2.75, 3.05) is 7.11 Å². The number of methoxy groups -OCH3 is 1. The van der Waals surface area contributed by atoms with Crippen LogP contribution in [-0.2, 0) is 11.2 Å². The number of carboxylic acid groups (broad SMARTS) is 1. The van der Waals surface area contributed by atoms with Gasteiger partial charge in [0.2, 0.25) is 5.88 Å². The zero-order valence-corrected chi connectivity index (χ0v) is 7.23. The standard InChI is InChI=1S/C8H10N2O3/c1-13-8-6(2-3-7(11)12)4-9-5-10-8/h4-5H,2-3H2,1H3,(H,11,12). The first-order chi connectivity index (χ1) is 6.24. The van der Waals surface area contributed by atoms with Gasteiger partial charge < -0.3 is 9.84 Å². The van der Waals surface area contributed by atoms with Gasteiger partial charge in [0.25, 0.3) is 0 Å². The molecule has 1 aromatic heterocycles. The molecule has 0 unspecified atom stereocenters. The Hall–Kier alpha value is -1.65. The molecule has 0 spiro atoms. The van der Waals surface area contributed by atoms with E-state index >= 15 is 0 Å². The average molecular weight is 182 g/mol. The van der Waals surface area contributed by atoms with Crippen LogP contribution in [0.5, 0.6) is 5.88 Å². The molecule has 0 atom stereocenters. The molecule has 0 amide bonds. The number of rotatable bonds is 4. The van der Waals surface area contributed by atoms with Gasteiger partial charge in [-0.15, -0.1) is 0 Å². The molecule has 0 aromatic carbocycles. The molecule has 70 valence electrons. The number of ether oxygens (including phenoxy) is 1. The Kier molecular flexibility index (Phi) is 3.19. The molecule has 0 bridgehead atoms. The molecule has 1 N–H and O–H groups in total. The van der Waals surface area contributed by atoms with Gasteiger partial charge in [-0.05, 0) is 6.42 Å². The highest BCUT2D eigenvalue weighted by molar-refractivity contribution is 5.67. The second-order valence-corrected chi connectivity index (χ2v) is 2.45. The van der Waals surface area contributed by atoms with Gasteiger partial charge in [-0.25, -0.2) is 9.97 Å². The lowest BCUT2D eigenvalue weighted by atomic mass is 10.2. The van der Waals surface area contributed by atoms with Crippen molar-refractivity contribution < 1.29 is 14.6 Å². The van der Waals surface area contributed by atoms with Gasteiger partial charge >= 0.3 is 5.97 Å². The summed E-state index contributed by atoms with van der Waals surface area (Å²) < 4.78 is 4.93. The Bertz CT molecular complexity index is 301. The molecule has 1 aromatic rings. The second kappa shape index (κ2) is 4.39. The van der Waals surface area contributed by atoms with Crippen molar-refractivity contribution in [1.82, 2.24) is 9.97 Å². The van der Waals surface area contributed by atoms with Gasteiger partial charge in [0, 0.05) is 18.2 Å². The lowest BCUT2D eigenvalue weighted by Crippen LogP contribution is -2.01. The van der Waals surface area contributed by atoms with Crippen LogP contribution in [-0.4, -0.2) is 28.2 Å². The Morgan fingerprint density at radius 2 is 2.46 bits per heavy atom. The third-order valence-corrected chi connectivity index (χ3v) is 1.55. The van der Waals surface area contributed by atoms with Crippen molar-refractivity contribution in [2.24, 2.45) is 0 Å². The van der Waals surface area contributed by atoms with Crippen LogP contribution in [0.15, 0.2) is 12.5 Å². The number of aliphatic carboxylic acids is 1. The summed E-state index contributed by atoms with van der Waals surface area (Å²) in [4.78, 5) is 17.9. The number of hydrogen-bond acceptors (Lipinski definition) is 4. The van der Waals surface area contributed by atoms with Crippen LogP contribution < -0.4 is 4.74 Å². The Morgan fingerprint density at radius 3 is 3.08 bits per heavy atom. The van der Waals surface area contributed by atoms with E-state index in [1.807, 2.05) is 0 Å². The SMILES string of the molecule is COc1ncncc1CCC(=O)O. The average Bonchev–Trinajstić information content (AvgIpc) is 2.15. The van der Waals surface area contributed by atoms with Crippen LogP contribution in [0.2, 0.25) is 0 Å². The summed E-state index contributed by atoms with van der Waals surface area (Å²) in [6.07, 6.45) is 3.38. The van der Waals surface area contributed by atoms with Gasteiger partial charge in [-0.2, -0.15) is 0 Å². The molecular weight excluding hydrogens is 172 g/mol. The summed E-state index contributed by atoms with van der Waals surface area (Å²) in [7, 11) is 1.49. The first-order valence-electron chi connectivity index (χ1n) is 3.78. The molecule has 0 aliphatic heterocycles. The van der Waals surface area contributed by atoms with Gasteiger partial charge in [-0.1, -0.05) is 0 Å². The van der Waals surface area contributed by atoms with E-state index in [1.54, 1.807) is 6.20 Å². The fraction of sp³-hybridized carbons (Fsp3) is 0.375. The second-order valence-electron chi connectivity index (χ2n) is 2.45. The highest BCUT2D eigenvalue weighted by Gasteiger charge is 2.05. The van der Waals surface area contributed by atoms with E-state index in [0.717, 1.165) is 0 Å². The topological polar surface area (TPSA) is 72.3 Å². The Balaban J connectivity index is 2.69. The van der Waals surface area contributed by atoms with Crippen molar-refractivity contribution in [2.45, 2.75) is 12.8 Å². The molecule has 0 aliphatic carbocycles. The first-order valence-corrected chi connectivity index (χ1v) is 3.78. The highest BCUT2D eigenvalue weighted by atomic mass is 16.5. The van der Waals surface area contributed by atoms with Crippen molar-refractivity contribution >= 4 is 5.97 Å². The largest absolute Gasteiger partial charge is 0.481 e. The first kappa shape index (κ1) is 9.44. The lowest BCUT2D eigenvalue weighted by molar-refractivity contribution is -0.136. The number of nitrogens with zero attached hydrogens (tertiary/aromatic N) is 2. The van der Waals surface area contributed by atoms with Gasteiger partial charge in [0.1, 0.15) is 6.33 Å². The fourth-order valence-electron chi connectivity index (χ4n) is 0.944. The summed E-state index contributed by atoms with van der Waals surface area (Å²) in [6.45, 7) is 0. The smallest absolute Gasteiger partial charge is 0.303 e. The van der Waals surface area contributed by atoms with E-state index < -0.39 is 5.97 Å². The van der Waals surface area contributed by atoms with Crippen LogP contribution in [0.4, 0.5) is 0 Å². The molecule has 1 rings (SSSR count). The summed E-state index contributed by atoms with van der Waals surface area (Å²) >= 11 is 0. The summed E-state index contributed by atoms with van der Waals surface area (Å²) in [6, 6.07) is 0. The van der Waals surface area contributed by atoms with E-state index in [-0.39, 0.29) is 6.42 Å². The zero-order chi connectivity index (χ0) is 9.68. The Morgan fingerprint density at radius 1 is 1.69 bits per heavy atom. The van der Waals surface area contributed by atoms with Crippen molar-refractivity contribution in [1.29, 1.82) is 0 Å². The zero-order valence-electron chi connectivity index (χ0n) is 7.23. The molecule has 0 radical (unpaired) electrons. The minimum atomic E-state index is -0.842. The van der Waals surface area contributed by atoms with Crippen LogP contribution in [0.25, 0.3) is 0 Å². The van der Waals surface area contributed by atoms with E-state index in [1.165, 1.54) is 13.4 Å². The molecule has 5 nitrogen and oxygen atoms in total. The van der Waals surface area contributed by atoms with E-state index in [4.69, 9.17) is 9.84 Å². The molecular formula is C8H10N2O3. The highest BCUT2D eigenvalue weighted by Crippen LogP contribution is 2.13. The molecule has 0 aliphatic rings. The predicted octanol–water partition coefficient (Wildman–Crippen LogP) is 0.502. The monoisotopic (exact) mass is 182 g/mol. The molecule has 1 heterocycles. The van der Waals surface area contributed by atoms with Crippen LogP contribution in [0, 0.1) is 0 Å². The number of carbonyl (C=O) groups is 1. The number of aryl methyl sites for hydroxylation is 1. The number of hydrogen-bond donors (Lipinski definition) is 1. The lowest BCUT2D eigenvalue weighted by Gasteiger charge is -2.03. The van der Waals surface area contributed by atoms with Gasteiger partial charge in [-0.3, -0.25) is 4.79 Å². The van der Waals surface area contributed by atoms with Crippen molar-refractivity contribution in [3.8, 4) is 5.88 Å². The van der Waals surface area contributed by atoms with Gasteiger partial charge in [0.05, 0.1) is 7.11 Å².